The summed E-state index contributed by atoms with van der Waals surface area (Å²) in [7, 11) is 0. The molecule has 0 saturated carbocycles. The molecule has 0 spiro atoms. The standard InChI is InChI=1S/C20H20N2O2/c1-3-14-6-5-7-17-18(12-13-21-19(14)17)22-16-10-8-15(9-11-16)20(23)24-4-2/h5-13H,3-4H2,1-2H3,(H,21,22). The van der Waals surface area contributed by atoms with Gasteiger partial charge in [0.2, 0.25) is 0 Å². The van der Waals surface area contributed by atoms with E-state index in [-0.39, 0.29) is 5.97 Å². The molecule has 1 N–H and O–H groups in total. The number of benzene rings is 2. The number of ether oxygens (including phenoxy) is 1. The van der Waals surface area contributed by atoms with Crippen LogP contribution in [0.25, 0.3) is 10.9 Å². The monoisotopic (exact) mass is 320 g/mol. The number of hydrogen-bond donors (Lipinski definition) is 1. The molecule has 122 valence electrons. The number of fused-ring (bicyclic) bond motifs is 1. The van der Waals surface area contributed by atoms with E-state index in [0.29, 0.717) is 12.2 Å². The molecule has 24 heavy (non-hydrogen) atoms. The number of pyridine rings is 1. The number of carbonyl (C=O) groups is 1. The van der Waals surface area contributed by atoms with Crippen molar-refractivity contribution >= 4 is 28.2 Å². The molecule has 1 heterocycles. The lowest BCUT2D eigenvalue weighted by Gasteiger charge is -2.11. The van der Waals surface area contributed by atoms with Crippen molar-refractivity contribution in [3.05, 3.63) is 65.9 Å². The van der Waals surface area contributed by atoms with Crippen LogP contribution in [0.3, 0.4) is 0 Å². The van der Waals surface area contributed by atoms with E-state index < -0.39 is 0 Å². The van der Waals surface area contributed by atoms with E-state index in [0.717, 1.165) is 28.7 Å². The van der Waals surface area contributed by atoms with Crippen LogP contribution in [-0.4, -0.2) is 17.6 Å². The summed E-state index contributed by atoms with van der Waals surface area (Å²) >= 11 is 0. The van der Waals surface area contributed by atoms with Gasteiger partial charge in [0.15, 0.2) is 0 Å². The van der Waals surface area contributed by atoms with Crippen LogP contribution in [0.4, 0.5) is 11.4 Å². The van der Waals surface area contributed by atoms with E-state index >= 15 is 0 Å². The van der Waals surface area contributed by atoms with Crippen molar-refractivity contribution in [3.63, 3.8) is 0 Å². The summed E-state index contributed by atoms with van der Waals surface area (Å²) < 4.78 is 5.00. The van der Waals surface area contributed by atoms with Crippen molar-refractivity contribution in [3.8, 4) is 0 Å². The van der Waals surface area contributed by atoms with E-state index in [1.807, 2.05) is 24.4 Å². The quantitative estimate of drug-likeness (QED) is 0.691. The summed E-state index contributed by atoms with van der Waals surface area (Å²) in [5, 5.41) is 4.49. The number of aromatic nitrogens is 1. The minimum Gasteiger partial charge on any atom is -0.462 e. The lowest BCUT2D eigenvalue weighted by atomic mass is 10.1. The highest BCUT2D eigenvalue weighted by Crippen LogP contribution is 2.27. The smallest absolute Gasteiger partial charge is 0.338 e. The Hall–Kier alpha value is -2.88. The van der Waals surface area contributed by atoms with Crippen LogP contribution >= 0.6 is 0 Å². The third-order valence-corrected chi connectivity index (χ3v) is 3.91. The Morgan fingerprint density at radius 3 is 2.58 bits per heavy atom. The van der Waals surface area contributed by atoms with Gasteiger partial charge in [-0.3, -0.25) is 4.98 Å². The maximum atomic E-state index is 11.7. The Balaban J connectivity index is 1.89. The van der Waals surface area contributed by atoms with Crippen LogP contribution in [0.15, 0.2) is 54.7 Å². The first-order chi connectivity index (χ1) is 11.7. The zero-order chi connectivity index (χ0) is 16.9. The fraction of sp³-hybridized carbons (Fsp3) is 0.200. The summed E-state index contributed by atoms with van der Waals surface area (Å²) in [4.78, 5) is 16.2. The van der Waals surface area contributed by atoms with Crippen LogP contribution in [-0.2, 0) is 11.2 Å². The predicted octanol–water partition coefficient (Wildman–Crippen LogP) is 4.72. The topological polar surface area (TPSA) is 51.2 Å². The van der Waals surface area contributed by atoms with Crippen LogP contribution in [0.2, 0.25) is 0 Å². The lowest BCUT2D eigenvalue weighted by molar-refractivity contribution is 0.0526. The minimum atomic E-state index is -0.300. The fourth-order valence-corrected chi connectivity index (χ4v) is 2.69. The average molecular weight is 320 g/mol. The van der Waals surface area contributed by atoms with Gasteiger partial charge in [-0.2, -0.15) is 0 Å². The molecule has 0 amide bonds. The van der Waals surface area contributed by atoms with Crippen LogP contribution in [0.1, 0.15) is 29.8 Å². The molecule has 0 aliphatic carbocycles. The largest absolute Gasteiger partial charge is 0.462 e. The van der Waals surface area contributed by atoms with Crippen molar-refractivity contribution in [2.75, 3.05) is 11.9 Å². The zero-order valence-electron chi connectivity index (χ0n) is 13.9. The first kappa shape index (κ1) is 16.0. The summed E-state index contributed by atoms with van der Waals surface area (Å²) in [6.45, 7) is 4.30. The van der Waals surface area contributed by atoms with E-state index in [9.17, 15) is 4.79 Å². The Labute approximate surface area is 141 Å². The SMILES string of the molecule is CCOC(=O)c1ccc(Nc2ccnc3c(CC)cccc23)cc1. The van der Waals surface area contributed by atoms with Gasteiger partial charge in [0, 0.05) is 23.0 Å². The molecule has 3 rings (SSSR count). The third kappa shape index (κ3) is 3.23. The summed E-state index contributed by atoms with van der Waals surface area (Å²) in [5.41, 5.74) is 4.72. The van der Waals surface area contributed by atoms with Crippen molar-refractivity contribution < 1.29 is 9.53 Å². The highest BCUT2D eigenvalue weighted by atomic mass is 16.5. The summed E-state index contributed by atoms with van der Waals surface area (Å²) in [6.07, 6.45) is 2.76. The van der Waals surface area contributed by atoms with Crippen molar-refractivity contribution in [2.24, 2.45) is 0 Å². The zero-order valence-corrected chi connectivity index (χ0v) is 13.9. The number of rotatable bonds is 5. The van der Waals surface area contributed by atoms with Crippen LogP contribution in [0, 0.1) is 0 Å². The van der Waals surface area contributed by atoms with Crippen LogP contribution in [0.5, 0.6) is 0 Å². The lowest BCUT2D eigenvalue weighted by Crippen LogP contribution is -2.04. The van der Waals surface area contributed by atoms with Crippen molar-refractivity contribution in [2.45, 2.75) is 20.3 Å². The van der Waals surface area contributed by atoms with Crippen LogP contribution < -0.4 is 5.32 Å². The second-order valence-electron chi connectivity index (χ2n) is 5.45. The second kappa shape index (κ2) is 7.13. The number of hydrogen-bond acceptors (Lipinski definition) is 4. The van der Waals surface area contributed by atoms with Gasteiger partial charge in [-0.15, -0.1) is 0 Å². The number of nitrogens with zero attached hydrogens (tertiary/aromatic N) is 1. The Morgan fingerprint density at radius 1 is 1.08 bits per heavy atom. The number of nitrogens with one attached hydrogen (secondary N) is 1. The van der Waals surface area contributed by atoms with Gasteiger partial charge in [-0.05, 0) is 49.2 Å². The minimum absolute atomic E-state index is 0.300. The molecule has 4 heteroatoms. The molecule has 4 nitrogen and oxygen atoms in total. The fourth-order valence-electron chi connectivity index (χ4n) is 2.69. The molecule has 1 aromatic heterocycles. The molecule has 0 aliphatic heterocycles. The van der Waals surface area contributed by atoms with Gasteiger partial charge in [0.1, 0.15) is 0 Å². The van der Waals surface area contributed by atoms with Gasteiger partial charge < -0.3 is 10.1 Å². The molecular weight excluding hydrogens is 300 g/mol. The number of anilines is 2. The van der Waals surface area contributed by atoms with E-state index in [1.54, 1.807) is 19.1 Å². The first-order valence-corrected chi connectivity index (χ1v) is 8.13. The van der Waals surface area contributed by atoms with Crippen molar-refractivity contribution in [1.29, 1.82) is 0 Å². The highest BCUT2D eigenvalue weighted by Gasteiger charge is 2.08. The van der Waals surface area contributed by atoms with Gasteiger partial charge in [0.05, 0.1) is 17.7 Å². The number of esters is 1. The molecule has 3 aromatic rings. The Bertz CT molecular complexity index is 857. The number of aryl methyl sites for hydroxylation is 1. The molecule has 0 aliphatic rings. The summed E-state index contributed by atoms with van der Waals surface area (Å²) in [6, 6.07) is 15.5. The predicted molar refractivity (Wildman–Crippen MR) is 96.8 cm³/mol. The Kier molecular flexibility index (Phi) is 4.75. The number of para-hydroxylation sites is 1. The normalized spacial score (nSPS) is 10.6. The van der Waals surface area contributed by atoms with Gasteiger partial charge >= 0.3 is 5.97 Å². The molecule has 2 aromatic carbocycles. The first-order valence-electron chi connectivity index (χ1n) is 8.13. The molecule has 0 saturated heterocycles. The summed E-state index contributed by atoms with van der Waals surface area (Å²) in [5.74, 6) is -0.300. The Morgan fingerprint density at radius 2 is 1.88 bits per heavy atom. The van der Waals surface area contributed by atoms with E-state index in [2.05, 4.69) is 35.4 Å². The average Bonchev–Trinajstić information content (AvgIpc) is 2.62. The molecule has 0 atom stereocenters. The third-order valence-electron chi connectivity index (χ3n) is 3.91. The van der Waals surface area contributed by atoms with Gasteiger partial charge in [-0.25, -0.2) is 4.79 Å². The van der Waals surface area contributed by atoms with E-state index in [1.165, 1.54) is 5.56 Å². The molecule has 0 bridgehead atoms. The molecule has 0 radical (unpaired) electrons. The van der Waals surface area contributed by atoms with Gasteiger partial charge in [-0.1, -0.05) is 25.1 Å². The van der Waals surface area contributed by atoms with Crippen molar-refractivity contribution in [1.82, 2.24) is 4.98 Å². The maximum Gasteiger partial charge on any atom is 0.338 e. The molecule has 0 fully saturated rings. The molecule has 0 unspecified atom stereocenters. The highest BCUT2D eigenvalue weighted by molar-refractivity contribution is 5.95. The molecular formula is C20H20N2O2. The number of carbonyl (C=O) groups excluding carboxylic acids is 1. The van der Waals surface area contributed by atoms with E-state index in [4.69, 9.17) is 4.74 Å². The van der Waals surface area contributed by atoms with Gasteiger partial charge in [0.25, 0.3) is 0 Å². The second-order valence-corrected chi connectivity index (χ2v) is 5.45. The maximum absolute atomic E-state index is 11.7.